The molecule has 1 N–H and O–H groups in total. The summed E-state index contributed by atoms with van der Waals surface area (Å²) in [6.45, 7) is 7.92. The Bertz CT molecular complexity index is 954. The third-order valence-electron chi connectivity index (χ3n) is 3.96. The molecule has 0 saturated heterocycles. The van der Waals surface area contributed by atoms with Crippen LogP contribution >= 0.6 is 11.6 Å². The van der Waals surface area contributed by atoms with E-state index < -0.39 is 0 Å². The number of rotatable bonds is 3. The predicted octanol–water partition coefficient (Wildman–Crippen LogP) is 5.41. The van der Waals surface area contributed by atoms with E-state index in [-0.39, 0.29) is 57.0 Å². The van der Waals surface area contributed by atoms with Crippen LogP contribution in [0, 0.1) is 21.3 Å². The second-order valence-corrected chi connectivity index (χ2v) is 6.15. The first-order valence-corrected chi connectivity index (χ1v) is 8.96. The van der Waals surface area contributed by atoms with E-state index in [2.05, 4.69) is 5.10 Å². The fourth-order valence-corrected chi connectivity index (χ4v) is 2.78. The summed E-state index contributed by atoms with van der Waals surface area (Å²) in [5, 5.41) is 15.3. The molecule has 0 aliphatic heterocycles. The molecule has 28 heavy (non-hydrogen) atoms. The fraction of sp³-hybridized carbons (Fsp3) is 0.227. The zero-order valence-electron chi connectivity index (χ0n) is 17.0. The largest absolute Gasteiger partial charge is 0.505 e. The SMILES string of the molecule is CC.Cc1ccccc1-c1c(O)c(C)nn(Cc2ccc(Cl)cc2)c1=O.[CH3-].[Y]. The summed E-state index contributed by atoms with van der Waals surface area (Å²) in [5.41, 5.74) is 2.94. The van der Waals surface area contributed by atoms with Gasteiger partial charge in [0, 0.05) is 37.7 Å². The Morgan fingerprint density at radius 2 is 1.61 bits per heavy atom. The van der Waals surface area contributed by atoms with Gasteiger partial charge in [-0.1, -0.05) is 61.8 Å². The molecule has 147 valence electrons. The van der Waals surface area contributed by atoms with Crippen LogP contribution in [0.4, 0.5) is 0 Å². The van der Waals surface area contributed by atoms with Crippen molar-refractivity contribution in [3.8, 4) is 16.9 Å². The molecule has 4 nitrogen and oxygen atoms in total. The molecule has 1 radical (unpaired) electrons. The van der Waals surface area contributed by atoms with Gasteiger partial charge in [-0.05, 0) is 42.7 Å². The summed E-state index contributed by atoms with van der Waals surface area (Å²) in [7, 11) is 0. The summed E-state index contributed by atoms with van der Waals surface area (Å²) >= 11 is 5.90. The van der Waals surface area contributed by atoms with Crippen molar-refractivity contribution in [3.63, 3.8) is 0 Å². The molecular weight excluding hydrogens is 449 g/mol. The van der Waals surface area contributed by atoms with Gasteiger partial charge < -0.3 is 12.5 Å². The molecule has 1 heterocycles. The van der Waals surface area contributed by atoms with Crippen LogP contribution < -0.4 is 5.56 Å². The first-order chi connectivity index (χ1) is 12.5. The first kappa shape index (κ1) is 26.5. The van der Waals surface area contributed by atoms with Gasteiger partial charge in [0.05, 0.1) is 12.1 Å². The molecule has 0 amide bonds. The summed E-state index contributed by atoms with van der Waals surface area (Å²) in [6.07, 6.45) is 0. The molecule has 0 atom stereocenters. The average Bonchev–Trinajstić information content (AvgIpc) is 2.65. The van der Waals surface area contributed by atoms with Gasteiger partial charge >= 0.3 is 0 Å². The van der Waals surface area contributed by atoms with Crippen molar-refractivity contribution in [2.24, 2.45) is 0 Å². The molecule has 0 fully saturated rings. The van der Waals surface area contributed by atoms with Crippen LogP contribution in [-0.2, 0) is 39.3 Å². The van der Waals surface area contributed by atoms with E-state index in [1.807, 2.05) is 57.2 Å². The van der Waals surface area contributed by atoms with Crippen LogP contribution in [0.15, 0.2) is 53.3 Å². The fourth-order valence-electron chi connectivity index (χ4n) is 2.65. The first-order valence-electron chi connectivity index (χ1n) is 8.58. The zero-order chi connectivity index (χ0) is 19.3. The maximum atomic E-state index is 12.9. The van der Waals surface area contributed by atoms with Crippen LogP contribution in [0.1, 0.15) is 30.7 Å². The monoisotopic (exact) mass is 474 g/mol. The second-order valence-electron chi connectivity index (χ2n) is 5.71. The normalized spacial score (nSPS) is 9.46. The van der Waals surface area contributed by atoms with Crippen molar-refractivity contribution in [2.75, 3.05) is 0 Å². The van der Waals surface area contributed by atoms with Crippen LogP contribution in [-0.4, -0.2) is 14.9 Å². The summed E-state index contributed by atoms with van der Waals surface area (Å²) in [5.74, 6) is -0.0679. The summed E-state index contributed by atoms with van der Waals surface area (Å²) in [6, 6.07) is 14.7. The Kier molecular flexibility index (Phi) is 11.5. The van der Waals surface area contributed by atoms with Gasteiger partial charge in [0.2, 0.25) is 0 Å². The van der Waals surface area contributed by atoms with Crippen molar-refractivity contribution < 1.29 is 37.8 Å². The van der Waals surface area contributed by atoms with Crippen molar-refractivity contribution in [1.29, 1.82) is 0 Å². The Morgan fingerprint density at radius 1 is 1.04 bits per heavy atom. The van der Waals surface area contributed by atoms with Gasteiger partial charge in [0.25, 0.3) is 5.56 Å². The van der Waals surface area contributed by atoms with E-state index in [9.17, 15) is 9.90 Å². The number of aromatic hydroxyl groups is 1. The van der Waals surface area contributed by atoms with Crippen molar-refractivity contribution >= 4 is 11.6 Å². The molecule has 0 saturated carbocycles. The standard InChI is InChI=1S/C19H17ClN2O2.C2H6.CH3.Y/c1-12-5-3-4-6-16(12)17-18(23)13(2)21-22(19(17)24)11-14-7-9-15(20)10-8-14;1-2;;/h3-10,23H,11H2,1-2H3;1-2H3;1H3;/q;;-1;. The maximum Gasteiger partial charge on any atom is 0.278 e. The second kappa shape index (κ2) is 12.2. The van der Waals surface area contributed by atoms with E-state index >= 15 is 0 Å². The van der Waals surface area contributed by atoms with E-state index in [4.69, 9.17) is 11.6 Å². The Hall–Kier alpha value is -1.49. The van der Waals surface area contributed by atoms with Gasteiger partial charge in [-0.25, -0.2) is 4.68 Å². The van der Waals surface area contributed by atoms with Gasteiger partial charge in [-0.15, -0.1) is 0 Å². The minimum atomic E-state index is -0.317. The van der Waals surface area contributed by atoms with Gasteiger partial charge in [-0.3, -0.25) is 4.79 Å². The number of halogens is 1. The zero-order valence-corrected chi connectivity index (χ0v) is 20.6. The Labute approximate surface area is 197 Å². The van der Waals surface area contributed by atoms with Crippen molar-refractivity contribution in [3.05, 3.63) is 88.2 Å². The average molecular weight is 475 g/mol. The number of hydrogen-bond acceptors (Lipinski definition) is 3. The number of aromatic nitrogens is 2. The smallest absolute Gasteiger partial charge is 0.278 e. The van der Waals surface area contributed by atoms with Crippen LogP contribution in [0.3, 0.4) is 0 Å². The van der Waals surface area contributed by atoms with E-state index in [1.165, 1.54) is 4.68 Å². The quantitative estimate of drug-likeness (QED) is 0.517. The third kappa shape index (κ3) is 6.00. The van der Waals surface area contributed by atoms with Gasteiger partial charge in [0.15, 0.2) is 5.75 Å². The van der Waals surface area contributed by atoms with E-state index in [0.717, 1.165) is 16.7 Å². The van der Waals surface area contributed by atoms with Crippen LogP contribution in [0.5, 0.6) is 5.75 Å². The number of hydrogen-bond donors (Lipinski definition) is 1. The van der Waals surface area contributed by atoms with Crippen molar-refractivity contribution in [2.45, 2.75) is 34.2 Å². The molecule has 0 aliphatic rings. The van der Waals surface area contributed by atoms with Crippen molar-refractivity contribution in [1.82, 2.24) is 9.78 Å². The minimum Gasteiger partial charge on any atom is -0.505 e. The molecule has 6 heteroatoms. The molecular formula is C22H26ClN2O2Y-. The summed E-state index contributed by atoms with van der Waals surface area (Å²) < 4.78 is 1.38. The molecule has 3 aromatic rings. The molecule has 0 aliphatic carbocycles. The Balaban J connectivity index is 0.00000177. The number of benzene rings is 2. The number of aryl methyl sites for hydroxylation is 2. The topological polar surface area (TPSA) is 55.1 Å². The molecule has 1 aromatic heterocycles. The maximum absolute atomic E-state index is 12.9. The molecule has 2 aromatic carbocycles. The van der Waals surface area contributed by atoms with E-state index in [1.54, 1.807) is 19.1 Å². The number of nitrogens with zero attached hydrogens (tertiary/aromatic N) is 2. The minimum absolute atomic E-state index is 0. The summed E-state index contributed by atoms with van der Waals surface area (Å²) in [4.78, 5) is 12.9. The third-order valence-corrected chi connectivity index (χ3v) is 4.21. The van der Waals surface area contributed by atoms with Crippen LogP contribution in [0.25, 0.3) is 11.1 Å². The van der Waals surface area contributed by atoms with Gasteiger partial charge in [-0.2, -0.15) is 5.10 Å². The predicted molar refractivity (Wildman–Crippen MR) is 113 cm³/mol. The molecule has 0 unspecified atom stereocenters. The molecule has 3 rings (SSSR count). The Morgan fingerprint density at radius 3 is 2.18 bits per heavy atom. The molecule has 0 spiro atoms. The van der Waals surface area contributed by atoms with Gasteiger partial charge in [0.1, 0.15) is 5.69 Å². The van der Waals surface area contributed by atoms with Crippen LogP contribution in [0.2, 0.25) is 5.02 Å². The molecule has 0 bridgehead atoms. The van der Waals surface area contributed by atoms with E-state index in [0.29, 0.717) is 17.3 Å².